The van der Waals surface area contributed by atoms with E-state index in [0.29, 0.717) is 28.4 Å². The molecule has 0 aromatic heterocycles. The molecule has 104 valence electrons. The zero-order chi connectivity index (χ0) is 14.5. The Balaban J connectivity index is 2.18. The first kappa shape index (κ1) is 13.7. The van der Waals surface area contributed by atoms with E-state index in [-0.39, 0.29) is 5.91 Å². The van der Waals surface area contributed by atoms with Gasteiger partial charge in [0, 0.05) is 11.6 Å². The van der Waals surface area contributed by atoms with Gasteiger partial charge in [-0.3, -0.25) is 4.79 Å². The molecule has 0 spiro atoms. The van der Waals surface area contributed by atoms with Crippen LogP contribution in [0, 0.1) is 0 Å². The third-order valence-corrected chi connectivity index (χ3v) is 2.84. The quantitative estimate of drug-likeness (QED) is 0.839. The van der Waals surface area contributed by atoms with Crippen LogP contribution in [-0.4, -0.2) is 20.1 Å². The molecule has 0 heterocycles. The van der Waals surface area contributed by atoms with Crippen LogP contribution in [0.1, 0.15) is 10.4 Å². The third-order valence-electron chi connectivity index (χ3n) is 2.84. The number of rotatable bonds is 4. The minimum absolute atomic E-state index is 0.249. The monoisotopic (exact) mass is 272 g/mol. The Kier molecular flexibility index (Phi) is 4.10. The summed E-state index contributed by atoms with van der Waals surface area (Å²) in [5.41, 5.74) is 7.34. The van der Waals surface area contributed by atoms with Crippen molar-refractivity contribution in [1.29, 1.82) is 0 Å². The zero-order valence-corrected chi connectivity index (χ0v) is 11.3. The van der Waals surface area contributed by atoms with Gasteiger partial charge in [-0.25, -0.2) is 0 Å². The molecule has 0 aliphatic rings. The number of hydrogen-bond acceptors (Lipinski definition) is 4. The number of carbonyl (C=O) groups is 1. The average Bonchev–Trinajstić information content (AvgIpc) is 2.49. The Morgan fingerprint density at radius 3 is 2.40 bits per heavy atom. The van der Waals surface area contributed by atoms with Crippen LogP contribution in [0.5, 0.6) is 11.5 Å². The summed E-state index contributed by atoms with van der Waals surface area (Å²) in [6, 6.07) is 12.0. The Hall–Kier alpha value is -2.69. The maximum Gasteiger partial charge on any atom is 0.255 e. The molecule has 0 fully saturated rings. The van der Waals surface area contributed by atoms with Gasteiger partial charge in [-0.2, -0.15) is 0 Å². The molecule has 0 aliphatic carbocycles. The predicted molar refractivity (Wildman–Crippen MR) is 78.4 cm³/mol. The second-order valence-electron chi connectivity index (χ2n) is 4.14. The Morgan fingerprint density at radius 2 is 1.75 bits per heavy atom. The number of ether oxygens (including phenoxy) is 2. The maximum absolute atomic E-state index is 12.1. The number of carbonyl (C=O) groups excluding carboxylic acids is 1. The van der Waals surface area contributed by atoms with Gasteiger partial charge < -0.3 is 20.5 Å². The summed E-state index contributed by atoms with van der Waals surface area (Å²) < 4.78 is 10.1. The molecule has 0 aliphatic heterocycles. The van der Waals surface area contributed by atoms with Gasteiger partial charge in [0.05, 0.1) is 25.6 Å². The molecule has 0 saturated carbocycles. The maximum atomic E-state index is 12.1. The third kappa shape index (κ3) is 3.00. The molecule has 0 unspecified atom stereocenters. The zero-order valence-electron chi connectivity index (χ0n) is 11.3. The molecule has 0 bridgehead atoms. The lowest BCUT2D eigenvalue weighted by atomic mass is 10.2. The Morgan fingerprint density at radius 1 is 1.05 bits per heavy atom. The van der Waals surface area contributed by atoms with E-state index in [1.165, 1.54) is 0 Å². The highest BCUT2D eigenvalue weighted by atomic mass is 16.5. The molecular weight excluding hydrogens is 256 g/mol. The van der Waals surface area contributed by atoms with Crippen molar-refractivity contribution in [2.75, 3.05) is 25.3 Å². The number of nitrogens with one attached hydrogen (secondary N) is 1. The van der Waals surface area contributed by atoms with Crippen molar-refractivity contribution in [2.24, 2.45) is 0 Å². The average molecular weight is 272 g/mol. The van der Waals surface area contributed by atoms with Crippen LogP contribution in [0.2, 0.25) is 0 Å². The highest BCUT2D eigenvalue weighted by Crippen LogP contribution is 2.24. The highest BCUT2D eigenvalue weighted by Gasteiger charge is 2.09. The second kappa shape index (κ2) is 5.97. The minimum atomic E-state index is -0.249. The largest absolute Gasteiger partial charge is 0.497 e. The molecule has 2 aromatic carbocycles. The van der Waals surface area contributed by atoms with Crippen molar-refractivity contribution >= 4 is 17.3 Å². The van der Waals surface area contributed by atoms with E-state index in [1.807, 2.05) is 0 Å². The minimum Gasteiger partial charge on any atom is -0.497 e. The SMILES string of the molecule is COc1cccc(C(=O)Nc2ccc(OC)cc2N)c1. The first-order valence-corrected chi connectivity index (χ1v) is 6.03. The van der Waals surface area contributed by atoms with Crippen LogP contribution in [0.4, 0.5) is 11.4 Å². The van der Waals surface area contributed by atoms with Gasteiger partial charge in [0.25, 0.3) is 5.91 Å². The predicted octanol–water partition coefficient (Wildman–Crippen LogP) is 2.54. The number of nitrogen functional groups attached to an aromatic ring is 1. The number of benzene rings is 2. The van der Waals surface area contributed by atoms with Crippen LogP contribution >= 0.6 is 0 Å². The summed E-state index contributed by atoms with van der Waals surface area (Å²) in [5, 5.41) is 2.75. The van der Waals surface area contributed by atoms with Crippen molar-refractivity contribution in [2.45, 2.75) is 0 Å². The van der Waals surface area contributed by atoms with E-state index in [1.54, 1.807) is 56.7 Å². The van der Waals surface area contributed by atoms with Gasteiger partial charge in [0.1, 0.15) is 11.5 Å². The number of anilines is 2. The fraction of sp³-hybridized carbons (Fsp3) is 0.133. The van der Waals surface area contributed by atoms with E-state index >= 15 is 0 Å². The van der Waals surface area contributed by atoms with E-state index < -0.39 is 0 Å². The molecule has 5 heteroatoms. The van der Waals surface area contributed by atoms with Gasteiger partial charge in [-0.1, -0.05) is 6.07 Å². The first-order chi connectivity index (χ1) is 9.63. The number of amides is 1. The molecular formula is C15H16N2O3. The lowest BCUT2D eigenvalue weighted by Gasteiger charge is -2.10. The summed E-state index contributed by atoms with van der Waals surface area (Å²) in [5.74, 6) is 1.02. The first-order valence-electron chi connectivity index (χ1n) is 6.03. The van der Waals surface area contributed by atoms with Crippen LogP contribution < -0.4 is 20.5 Å². The second-order valence-corrected chi connectivity index (χ2v) is 4.14. The van der Waals surface area contributed by atoms with Gasteiger partial charge >= 0.3 is 0 Å². The molecule has 3 N–H and O–H groups in total. The van der Waals surface area contributed by atoms with Crippen LogP contribution in [0.25, 0.3) is 0 Å². The summed E-state index contributed by atoms with van der Waals surface area (Å²) >= 11 is 0. The summed E-state index contributed by atoms with van der Waals surface area (Å²) in [7, 11) is 3.11. The lowest BCUT2D eigenvalue weighted by Crippen LogP contribution is -2.13. The van der Waals surface area contributed by atoms with Gasteiger partial charge in [-0.05, 0) is 30.3 Å². The van der Waals surface area contributed by atoms with Crippen LogP contribution in [-0.2, 0) is 0 Å². The van der Waals surface area contributed by atoms with Gasteiger partial charge in [0.2, 0.25) is 0 Å². The normalized spacial score (nSPS) is 9.90. The summed E-state index contributed by atoms with van der Waals surface area (Å²) in [6.07, 6.45) is 0. The number of nitrogens with two attached hydrogens (primary N) is 1. The van der Waals surface area contributed by atoms with Crippen molar-refractivity contribution in [3.8, 4) is 11.5 Å². The molecule has 2 aromatic rings. The van der Waals surface area contributed by atoms with Crippen LogP contribution in [0.15, 0.2) is 42.5 Å². The highest BCUT2D eigenvalue weighted by molar-refractivity contribution is 6.06. The fourth-order valence-electron chi connectivity index (χ4n) is 1.74. The molecule has 0 radical (unpaired) electrons. The van der Waals surface area contributed by atoms with Gasteiger partial charge in [-0.15, -0.1) is 0 Å². The van der Waals surface area contributed by atoms with E-state index in [9.17, 15) is 4.79 Å². The lowest BCUT2D eigenvalue weighted by molar-refractivity contribution is 0.102. The van der Waals surface area contributed by atoms with Crippen molar-refractivity contribution < 1.29 is 14.3 Å². The van der Waals surface area contributed by atoms with Crippen molar-refractivity contribution in [3.63, 3.8) is 0 Å². The number of hydrogen-bond donors (Lipinski definition) is 2. The standard InChI is InChI=1S/C15H16N2O3/c1-19-11-5-3-4-10(8-11)15(18)17-14-7-6-12(20-2)9-13(14)16/h3-9H,16H2,1-2H3,(H,17,18). The number of methoxy groups -OCH3 is 2. The van der Waals surface area contributed by atoms with Crippen molar-refractivity contribution in [1.82, 2.24) is 0 Å². The Bertz CT molecular complexity index is 626. The van der Waals surface area contributed by atoms with E-state index in [0.717, 1.165) is 0 Å². The van der Waals surface area contributed by atoms with E-state index in [2.05, 4.69) is 5.32 Å². The molecule has 0 saturated heterocycles. The summed E-state index contributed by atoms with van der Waals surface area (Å²) in [4.78, 5) is 12.1. The topological polar surface area (TPSA) is 73.6 Å². The van der Waals surface area contributed by atoms with Crippen LogP contribution in [0.3, 0.4) is 0 Å². The van der Waals surface area contributed by atoms with Crippen molar-refractivity contribution in [3.05, 3.63) is 48.0 Å². The molecule has 1 amide bonds. The molecule has 2 rings (SSSR count). The van der Waals surface area contributed by atoms with Gasteiger partial charge in [0.15, 0.2) is 0 Å². The smallest absolute Gasteiger partial charge is 0.255 e. The molecule has 20 heavy (non-hydrogen) atoms. The molecule has 0 atom stereocenters. The van der Waals surface area contributed by atoms with E-state index in [4.69, 9.17) is 15.2 Å². The summed E-state index contributed by atoms with van der Waals surface area (Å²) in [6.45, 7) is 0. The Labute approximate surface area is 117 Å². The fourth-order valence-corrected chi connectivity index (χ4v) is 1.74. The molecule has 5 nitrogen and oxygen atoms in total.